The number of carbonyl (C=O) groups excluding carboxylic acids is 1. The van der Waals surface area contributed by atoms with Crippen LogP contribution in [0.5, 0.6) is 0 Å². The van der Waals surface area contributed by atoms with Gasteiger partial charge in [0.15, 0.2) is 0 Å². The third kappa shape index (κ3) is 26.5. The first-order valence-electron chi connectivity index (χ1n) is 14.6. The maximum absolute atomic E-state index is 12.4. The molecule has 0 aliphatic rings. The Hall–Kier alpha value is -2.10. The lowest BCUT2D eigenvalue weighted by Crippen LogP contribution is -2.16. The average Bonchev–Trinajstić information content (AvgIpc) is 2.85. The fourth-order valence-corrected chi connectivity index (χ4v) is 3.86. The van der Waals surface area contributed by atoms with Crippen molar-refractivity contribution in [1.82, 2.24) is 0 Å². The topological polar surface area (TPSA) is 63.6 Å². The maximum Gasteiger partial charge on any atom is 0.306 e. The van der Waals surface area contributed by atoms with Gasteiger partial charge in [-0.3, -0.25) is 9.59 Å². The van der Waals surface area contributed by atoms with E-state index in [0.717, 1.165) is 57.8 Å². The summed E-state index contributed by atoms with van der Waals surface area (Å²) in [6.07, 6.45) is 35.6. The fourth-order valence-electron chi connectivity index (χ4n) is 3.86. The second-order valence-corrected chi connectivity index (χ2v) is 9.55. The number of esters is 1. The number of carboxylic acid groups (broad SMARTS) is 1. The van der Waals surface area contributed by atoms with E-state index in [2.05, 4.69) is 56.4 Å². The molecular weight excluding hydrogens is 448 g/mol. The van der Waals surface area contributed by atoms with Crippen molar-refractivity contribution in [2.75, 3.05) is 0 Å². The minimum atomic E-state index is -0.734. The molecule has 1 atom stereocenters. The highest BCUT2D eigenvalue weighted by Crippen LogP contribution is 2.14. The zero-order valence-corrected chi connectivity index (χ0v) is 23.3. The van der Waals surface area contributed by atoms with Gasteiger partial charge in [0.05, 0.1) is 0 Å². The molecule has 0 aliphatic heterocycles. The lowest BCUT2D eigenvalue weighted by Gasteiger charge is -2.14. The Morgan fingerprint density at radius 3 is 1.94 bits per heavy atom. The Bertz CT molecular complexity index is 630. The number of ether oxygens (including phenoxy) is 1. The Balaban J connectivity index is 4.22. The van der Waals surface area contributed by atoms with Gasteiger partial charge in [-0.25, -0.2) is 0 Å². The quantitative estimate of drug-likeness (QED) is 0.0766. The van der Waals surface area contributed by atoms with Crippen molar-refractivity contribution >= 4 is 11.9 Å². The van der Waals surface area contributed by atoms with Crippen LogP contribution in [-0.2, 0) is 14.3 Å². The molecule has 0 heterocycles. The zero-order valence-electron chi connectivity index (χ0n) is 23.3. The Kier molecular flexibility index (Phi) is 25.9. The van der Waals surface area contributed by atoms with Crippen LogP contribution >= 0.6 is 0 Å². The molecule has 1 N–H and O–H groups in total. The Morgan fingerprint density at radius 1 is 0.667 bits per heavy atom. The van der Waals surface area contributed by atoms with E-state index in [1.165, 1.54) is 44.9 Å². The largest absolute Gasteiger partial charge is 0.481 e. The van der Waals surface area contributed by atoms with Crippen molar-refractivity contribution in [2.24, 2.45) is 0 Å². The number of hydrogen-bond donors (Lipinski definition) is 1. The molecule has 206 valence electrons. The highest BCUT2D eigenvalue weighted by atomic mass is 16.5. The van der Waals surface area contributed by atoms with Crippen molar-refractivity contribution in [2.45, 2.75) is 142 Å². The van der Waals surface area contributed by atoms with Crippen LogP contribution in [0.3, 0.4) is 0 Å². The van der Waals surface area contributed by atoms with Gasteiger partial charge >= 0.3 is 11.9 Å². The Labute approximate surface area is 222 Å². The summed E-state index contributed by atoms with van der Waals surface area (Å²) in [6.45, 7) is 4.35. The minimum absolute atomic E-state index is 0.102. The van der Waals surface area contributed by atoms with E-state index in [-0.39, 0.29) is 18.5 Å². The first-order valence-corrected chi connectivity index (χ1v) is 14.6. The fraction of sp³-hybridized carbons (Fsp3) is 0.688. The number of unbranched alkanes of at least 4 members (excludes halogenated alkanes) is 10. The van der Waals surface area contributed by atoms with Gasteiger partial charge in [-0.2, -0.15) is 0 Å². The molecule has 0 aliphatic carbocycles. The zero-order chi connectivity index (χ0) is 26.5. The summed E-state index contributed by atoms with van der Waals surface area (Å²) in [5.74, 6) is -0.836. The molecule has 0 saturated carbocycles. The van der Waals surface area contributed by atoms with Gasteiger partial charge in [-0.15, -0.1) is 0 Å². The van der Waals surface area contributed by atoms with E-state index in [4.69, 9.17) is 9.84 Å². The molecule has 0 saturated heterocycles. The third-order valence-electron chi connectivity index (χ3n) is 6.02. The van der Waals surface area contributed by atoms with E-state index in [9.17, 15) is 9.59 Å². The average molecular weight is 503 g/mol. The van der Waals surface area contributed by atoms with Crippen molar-refractivity contribution in [3.05, 3.63) is 48.6 Å². The first kappa shape index (κ1) is 33.9. The second kappa shape index (κ2) is 27.5. The molecule has 0 aromatic heterocycles. The molecule has 0 spiro atoms. The van der Waals surface area contributed by atoms with E-state index >= 15 is 0 Å². The standard InChI is InChI=1S/C32H54O4/c1-3-5-7-9-11-13-14-15-17-19-25-29-32(35)36-30(27-23-20-21-24-28-31(33)34)26-22-18-16-12-10-8-6-4-2/h6,8-9,11-12,16,22,26,30H,3-5,7,10,13-15,17-21,23-25,27-29H2,1-2H3,(H,33,34)/b8-6-,11-9-,16-12-,26-22-. The molecule has 0 radical (unpaired) electrons. The normalized spacial score (nSPS) is 12.9. The van der Waals surface area contributed by atoms with Crippen molar-refractivity contribution in [3.8, 4) is 0 Å². The number of hydrogen-bond acceptors (Lipinski definition) is 3. The van der Waals surface area contributed by atoms with Gasteiger partial charge < -0.3 is 9.84 Å². The van der Waals surface area contributed by atoms with Gasteiger partial charge in [0, 0.05) is 12.8 Å². The van der Waals surface area contributed by atoms with Gasteiger partial charge in [-0.1, -0.05) is 101 Å². The number of allylic oxidation sites excluding steroid dienone is 7. The van der Waals surface area contributed by atoms with Crippen LogP contribution in [-0.4, -0.2) is 23.1 Å². The molecular formula is C32H54O4. The number of carboxylic acids is 1. The summed E-state index contributed by atoms with van der Waals surface area (Å²) in [7, 11) is 0. The van der Waals surface area contributed by atoms with Crippen LogP contribution < -0.4 is 0 Å². The van der Waals surface area contributed by atoms with E-state index < -0.39 is 5.97 Å². The van der Waals surface area contributed by atoms with Crippen LogP contribution in [0.15, 0.2) is 48.6 Å². The molecule has 0 fully saturated rings. The summed E-state index contributed by atoms with van der Waals surface area (Å²) >= 11 is 0. The van der Waals surface area contributed by atoms with Crippen molar-refractivity contribution in [3.63, 3.8) is 0 Å². The summed E-state index contributed by atoms with van der Waals surface area (Å²) < 4.78 is 5.78. The predicted octanol–water partition coefficient (Wildman–Crippen LogP) is 9.66. The maximum atomic E-state index is 12.4. The highest BCUT2D eigenvalue weighted by Gasteiger charge is 2.11. The third-order valence-corrected chi connectivity index (χ3v) is 6.02. The second-order valence-electron chi connectivity index (χ2n) is 9.55. The van der Waals surface area contributed by atoms with Crippen LogP contribution in [0.4, 0.5) is 0 Å². The van der Waals surface area contributed by atoms with Crippen LogP contribution in [0.1, 0.15) is 136 Å². The smallest absolute Gasteiger partial charge is 0.306 e. The SMILES string of the molecule is CC/C=C\C/C=C\C/C=C\C(CCCCCCC(=O)O)OC(=O)CCCCCCC/C=C\CCCC. The molecule has 4 nitrogen and oxygen atoms in total. The van der Waals surface area contributed by atoms with E-state index in [1.807, 2.05) is 6.08 Å². The summed E-state index contributed by atoms with van der Waals surface area (Å²) in [5, 5.41) is 8.76. The minimum Gasteiger partial charge on any atom is -0.481 e. The molecule has 0 bridgehead atoms. The molecule has 0 aromatic rings. The van der Waals surface area contributed by atoms with Crippen molar-refractivity contribution < 1.29 is 19.4 Å². The number of carbonyl (C=O) groups is 2. The summed E-state index contributed by atoms with van der Waals surface area (Å²) in [6, 6.07) is 0. The van der Waals surface area contributed by atoms with Gasteiger partial charge in [0.2, 0.25) is 0 Å². The molecule has 36 heavy (non-hydrogen) atoms. The van der Waals surface area contributed by atoms with Crippen LogP contribution in [0, 0.1) is 0 Å². The molecule has 1 unspecified atom stereocenters. The van der Waals surface area contributed by atoms with E-state index in [0.29, 0.717) is 12.8 Å². The summed E-state index contributed by atoms with van der Waals surface area (Å²) in [4.78, 5) is 23.1. The number of aliphatic carboxylic acids is 1. The molecule has 4 heteroatoms. The van der Waals surface area contributed by atoms with E-state index in [1.54, 1.807) is 0 Å². The lowest BCUT2D eigenvalue weighted by atomic mass is 10.1. The molecule has 0 aromatic carbocycles. The van der Waals surface area contributed by atoms with Crippen molar-refractivity contribution in [1.29, 1.82) is 0 Å². The van der Waals surface area contributed by atoms with Gasteiger partial charge in [-0.05, 0) is 70.3 Å². The predicted molar refractivity (Wildman–Crippen MR) is 153 cm³/mol. The molecule has 0 rings (SSSR count). The van der Waals surface area contributed by atoms with Gasteiger partial charge in [0.1, 0.15) is 6.10 Å². The van der Waals surface area contributed by atoms with Gasteiger partial charge in [0.25, 0.3) is 0 Å². The first-order chi connectivity index (χ1) is 17.6. The Morgan fingerprint density at radius 2 is 1.25 bits per heavy atom. The summed E-state index contributed by atoms with van der Waals surface area (Å²) in [5.41, 5.74) is 0. The lowest BCUT2D eigenvalue weighted by molar-refractivity contribution is -0.147. The monoisotopic (exact) mass is 502 g/mol. The van der Waals surface area contributed by atoms with Crippen LogP contribution in [0.25, 0.3) is 0 Å². The molecule has 0 amide bonds. The van der Waals surface area contributed by atoms with Crippen LogP contribution in [0.2, 0.25) is 0 Å². The number of rotatable bonds is 25. The highest BCUT2D eigenvalue weighted by molar-refractivity contribution is 5.69.